The number of piperidine rings is 6. The maximum atomic E-state index is 12.9. The van der Waals surface area contributed by atoms with Crippen molar-refractivity contribution in [2.24, 2.45) is 23.7 Å². The van der Waals surface area contributed by atoms with Crippen LogP contribution in [0.25, 0.3) is 0 Å². The number of hydrogen-bond acceptors (Lipinski definition) is 6. The third-order valence-corrected chi connectivity index (χ3v) is 8.78. The summed E-state index contributed by atoms with van der Waals surface area (Å²) in [7, 11) is 0. The Morgan fingerprint density at radius 1 is 0.658 bits per heavy atom. The molecule has 6 aliphatic rings. The molecule has 6 aliphatic heterocycles. The largest absolute Gasteiger partial charge is 0.480 e. The van der Waals surface area contributed by atoms with E-state index in [2.05, 4.69) is 20.4 Å². The minimum absolute atomic E-state index is 0. The van der Waals surface area contributed by atoms with Gasteiger partial charge in [-0.05, 0) is 88.0 Å². The second-order valence-corrected chi connectivity index (χ2v) is 10.8. The molecule has 0 spiro atoms. The van der Waals surface area contributed by atoms with Gasteiger partial charge in [0.05, 0.1) is 0 Å². The van der Waals surface area contributed by atoms with Crippen LogP contribution in [-0.2, 0) is 9.59 Å². The molecule has 10 nitrogen and oxygen atoms in total. The number of carboxylic acids is 2. The van der Waals surface area contributed by atoms with Crippen molar-refractivity contribution in [1.29, 1.82) is 0 Å². The van der Waals surface area contributed by atoms with Crippen LogP contribution in [-0.4, -0.2) is 95.1 Å². The Balaban J connectivity index is 0.00000200. The Morgan fingerprint density at radius 3 is 1.21 bits per heavy atom. The second kappa shape index (κ2) is 12.6. The summed E-state index contributed by atoms with van der Waals surface area (Å²) in [6.45, 7) is 5.26. The van der Waals surface area contributed by atoms with Gasteiger partial charge in [-0.1, -0.05) is 0 Å². The van der Waals surface area contributed by atoms with E-state index in [1.807, 2.05) is 0 Å². The van der Waals surface area contributed by atoms with Crippen LogP contribution in [0.2, 0.25) is 0 Å². The zero-order valence-electron chi connectivity index (χ0n) is 21.1. The monoisotopic (exact) mass is 570 g/mol. The third kappa shape index (κ3) is 6.25. The summed E-state index contributed by atoms with van der Waals surface area (Å²) in [5.74, 6) is -2.74. The molecule has 0 unspecified atom stereocenters. The summed E-state index contributed by atoms with van der Waals surface area (Å²) < 4.78 is 0. The van der Waals surface area contributed by atoms with Crippen molar-refractivity contribution in [2.45, 2.75) is 37.8 Å². The van der Waals surface area contributed by atoms with E-state index in [9.17, 15) is 29.4 Å². The fourth-order valence-electron chi connectivity index (χ4n) is 6.70. The topological polar surface area (TPSA) is 139 Å². The minimum Gasteiger partial charge on any atom is -0.480 e. The van der Waals surface area contributed by atoms with E-state index >= 15 is 0 Å². The Kier molecular flexibility index (Phi) is 10.0. The second-order valence-electron chi connectivity index (χ2n) is 10.8. The molecule has 210 valence electrons. The molecule has 4 atom stereocenters. The van der Waals surface area contributed by atoms with Crippen LogP contribution in [0, 0.1) is 23.7 Å². The molecule has 7 rings (SSSR count). The molecule has 0 aliphatic carbocycles. The molecule has 2 amide bonds. The number of amides is 2. The molecule has 6 fully saturated rings. The number of nitrogens with one attached hydrogen (secondary N) is 2. The van der Waals surface area contributed by atoms with E-state index in [1.165, 1.54) is 24.3 Å². The Labute approximate surface area is 234 Å². The standard InChI is InChI=1S/C26H34N4O6.2ClH/c31-23(27-21(25(33)34)19-13-29-9-5-15(19)6-10-29)17-1-2-18(4-3-17)24(32)28-22(26(35)36)20-14-30-11-7-16(20)8-12-30;;/h1-4,15-16,19-22H,5-14H2,(H,27,31)(H,28,32)(H,33,34)(H,35,36);2*1H/t19-,20-,21+,22+;;/m0../s1. The molecular weight excluding hydrogens is 535 g/mol. The molecule has 6 saturated heterocycles. The summed E-state index contributed by atoms with van der Waals surface area (Å²) >= 11 is 0. The maximum absolute atomic E-state index is 12.9. The lowest BCUT2D eigenvalue weighted by atomic mass is 9.75. The molecule has 0 saturated carbocycles. The first-order valence-electron chi connectivity index (χ1n) is 12.9. The predicted molar refractivity (Wildman–Crippen MR) is 144 cm³/mol. The Morgan fingerprint density at radius 2 is 0.974 bits per heavy atom. The van der Waals surface area contributed by atoms with Crippen LogP contribution >= 0.6 is 24.8 Å². The van der Waals surface area contributed by atoms with E-state index < -0.39 is 35.8 Å². The zero-order chi connectivity index (χ0) is 25.4. The van der Waals surface area contributed by atoms with Gasteiger partial charge >= 0.3 is 11.9 Å². The van der Waals surface area contributed by atoms with E-state index in [4.69, 9.17) is 0 Å². The first-order chi connectivity index (χ1) is 17.3. The fraction of sp³-hybridized carbons (Fsp3) is 0.615. The summed E-state index contributed by atoms with van der Waals surface area (Å²) in [6.07, 6.45) is 3.80. The Bertz CT molecular complexity index is 944. The minimum atomic E-state index is -1.04. The molecule has 4 bridgehead atoms. The van der Waals surface area contributed by atoms with Gasteiger partial charge in [-0.3, -0.25) is 9.59 Å². The van der Waals surface area contributed by atoms with Gasteiger partial charge in [0, 0.05) is 36.1 Å². The SMILES string of the molecule is Cl.Cl.O=C(N[C@@H](C(=O)O)[C@H]1CN2CCC1CC2)c1ccc(C(=O)N[C@@H](C(=O)O)[C@H]2CN3CCC2CC3)cc1. The summed E-state index contributed by atoms with van der Waals surface area (Å²) in [5.41, 5.74) is 0.512. The van der Waals surface area contributed by atoms with Gasteiger partial charge in [-0.2, -0.15) is 0 Å². The molecule has 0 aromatic heterocycles. The number of carboxylic acid groups (broad SMARTS) is 2. The number of aliphatic carboxylic acids is 2. The lowest BCUT2D eigenvalue weighted by molar-refractivity contribution is -0.143. The van der Waals surface area contributed by atoms with Gasteiger partial charge in [0.2, 0.25) is 0 Å². The van der Waals surface area contributed by atoms with Crippen LogP contribution in [0.5, 0.6) is 0 Å². The van der Waals surface area contributed by atoms with E-state index in [1.54, 1.807) is 0 Å². The van der Waals surface area contributed by atoms with Gasteiger partial charge in [0.25, 0.3) is 11.8 Å². The maximum Gasteiger partial charge on any atom is 0.326 e. The molecular formula is C26H36Cl2N4O6. The summed E-state index contributed by atoms with van der Waals surface area (Å²) in [5, 5.41) is 25.0. The molecule has 12 heteroatoms. The number of fused-ring (bicyclic) bond motifs is 6. The third-order valence-electron chi connectivity index (χ3n) is 8.78. The van der Waals surface area contributed by atoms with Crippen LogP contribution in [0.15, 0.2) is 24.3 Å². The van der Waals surface area contributed by atoms with Crippen molar-refractivity contribution >= 4 is 48.6 Å². The van der Waals surface area contributed by atoms with E-state index in [0.717, 1.165) is 51.9 Å². The lowest BCUT2D eigenvalue weighted by Crippen LogP contribution is -2.57. The first-order valence-corrected chi connectivity index (χ1v) is 12.9. The lowest BCUT2D eigenvalue weighted by Gasteiger charge is -2.46. The average molecular weight is 572 g/mol. The van der Waals surface area contributed by atoms with Crippen LogP contribution < -0.4 is 10.6 Å². The highest BCUT2D eigenvalue weighted by molar-refractivity contribution is 6.00. The molecule has 38 heavy (non-hydrogen) atoms. The number of nitrogens with zero attached hydrogens (tertiary/aromatic N) is 2. The quantitative estimate of drug-likeness (QED) is 0.369. The van der Waals surface area contributed by atoms with E-state index in [-0.39, 0.29) is 47.8 Å². The van der Waals surface area contributed by atoms with Gasteiger partial charge < -0.3 is 30.6 Å². The van der Waals surface area contributed by atoms with Crippen molar-refractivity contribution in [3.8, 4) is 0 Å². The van der Waals surface area contributed by atoms with Crippen molar-refractivity contribution < 1.29 is 29.4 Å². The predicted octanol–water partition coefficient (Wildman–Crippen LogP) is 1.58. The van der Waals surface area contributed by atoms with Crippen molar-refractivity contribution in [2.75, 3.05) is 39.3 Å². The van der Waals surface area contributed by atoms with Crippen molar-refractivity contribution in [3.63, 3.8) is 0 Å². The molecule has 0 radical (unpaired) electrons. The van der Waals surface area contributed by atoms with Gasteiger partial charge in [0.15, 0.2) is 0 Å². The molecule has 1 aromatic rings. The molecule has 1 aromatic carbocycles. The van der Waals surface area contributed by atoms with Gasteiger partial charge in [-0.15, -0.1) is 24.8 Å². The number of hydrogen-bond donors (Lipinski definition) is 4. The number of carbonyl (C=O) groups excluding carboxylic acids is 2. The van der Waals surface area contributed by atoms with Crippen LogP contribution in [0.4, 0.5) is 0 Å². The molecule has 6 heterocycles. The Hall–Kier alpha value is -2.40. The highest BCUT2D eigenvalue weighted by Crippen LogP contribution is 2.35. The first kappa shape index (κ1) is 30.1. The summed E-state index contributed by atoms with van der Waals surface area (Å²) in [4.78, 5) is 54.2. The smallest absolute Gasteiger partial charge is 0.326 e. The molecule has 4 N–H and O–H groups in total. The fourth-order valence-corrected chi connectivity index (χ4v) is 6.70. The zero-order valence-corrected chi connectivity index (χ0v) is 22.7. The van der Waals surface area contributed by atoms with Crippen LogP contribution in [0.3, 0.4) is 0 Å². The van der Waals surface area contributed by atoms with Crippen molar-refractivity contribution in [1.82, 2.24) is 20.4 Å². The normalized spacial score (nSPS) is 30.6. The van der Waals surface area contributed by atoms with Gasteiger partial charge in [0.1, 0.15) is 12.1 Å². The summed E-state index contributed by atoms with van der Waals surface area (Å²) in [6, 6.07) is 3.97. The highest BCUT2D eigenvalue weighted by atomic mass is 35.5. The number of benzene rings is 1. The number of carbonyl (C=O) groups is 4. The number of rotatable bonds is 8. The average Bonchev–Trinajstić information content (AvgIpc) is 2.91. The van der Waals surface area contributed by atoms with Crippen molar-refractivity contribution in [3.05, 3.63) is 35.4 Å². The number of halogens is 2. The van der Waals surface area contributed by atoms with E-state index in [0.29, 0.717) is 24.9 Å². The van der Waals surface area contributed by atoms with Crippen LogP contribution in [0.1, 0.15) is 46.4 Å². The highest BCUT2D eigenvalue weighted by Gasteiger charge is 2.43. The van der Waals surface area contributed by atoms with Gasteiger partial charge in [-0.25, -0.2) is 9.59 Å².